The second-order valence-corrected chi connectivity index (χ2v) is 7.42. The van der Waals surface area contributed by atoms with Crippen LogP contribution in [-0.4, -0.2) is 31.2 Å². The largest absolute Gasteiger partial charge is 0.493 e. The monoisotopic (exact) mass is 470 g/mol. The summed E-state index contributed by atoms with van der Waals surface area (Å²) >= 11 is 7.16. The van der Waals surface area contributed by atoms with E-state index >= 15 is 0 Å². The van der Waals surface area contributed by atoms with Crippen molar-refractivity contribution in [1.29, 1.82) is 0 Å². The number of benzene rings is 1. The second-order valence-electron chi connectivity index (χ2n) is 5.88. The van der Waals surface area contributed by atoms with Crippen molar-refractivity contribution in [2.24, 2.45) is 0 Å². The average Bonchev–Trinajstić information content (AvgIpc) is 2.90. The number of aryl methyl sites for hydroxylation is 1. The topological polar surface area (TPSA) is 52.5 Å². The van der Waals surface area contributed by atoms with E-state index in [1.807, 2.05) is 18.2 Å². The number of hydrogen-bond acceptors (Lipinski definition) is 4. The van der Waals surface area contributed by atoms with Crippen LogP contribution in [0.25, 0.3) is 0 Å². The smallest absolute Gasteiger partial charge is 0.232 e. The second kappa shape index (κ2) is 7.93. The number of hydrogen-bond donors (Lipinski definition) is 1. The zero-order valence-electron chi connectivity index (χ0n) is 14.2. The molecule has 0 amide bonds. The average molecular weight is 472 g/mol. The minimum absolute atomic E-state index is 0.0884. The highest BCUT2D eigenvalue weighted by molar-refractivity contribution is 9.13. The van der Waals surface area contributed by atoms with Crippen molar-refractivity contribution in [2.45, 2.75) is 25.8 Å². The Bertz CT molecular complexity index is 802. The van der Waals surface area contributed by atoms with Gasteiger partial charge in [-0.3, -0.25) is 9.36 Å². The molecule has 2 heterocycles. The van der Waals surface area contributed by atoms with Gasteiger partial charge in [0.1, 0.15) is 4.60 Å². The molecule has 0 saturated carbocycles. The Labute approximate surface area is 163 Å². The van der Waals surface area contributed by atoms with Crippen LogP contribution < -0.4 is 14.8 Å². The molecule has 2 aromatic rings. The molecule has 0 atom stereocenters. The van der Waals surface area contributed by atoms with Gasteiger partial charge in [0.15, 0.2) is 11.5 Å². The zero-order chi connectivity index (χ0) is 18.0. The Morgan fingerprint density at radius 1 is 1.24 bits per heavy atom. The van der Waals surface area contributed by atoms with Gasteiger partial charge < -0.3 is 14.8 Å². The van der Waals surface area contributed by atoms with Crippen molar-refractivity contribution in [2.75, 3.05) is 20.8 Å². The maximum atomic E-state index is 12.8. The number of methoxy groups -OCH3 is 2. The summed E-state index contributed by atoms with van der Waals surface area (Å²) in [5, 5.41) is 3.34. The van der Waals surface area contributed by atoms with Crippen molar-refractivity contribution in [1.82, 2.24) is 9.88 Å². The predicted octanol–water partition coefficient (Wildman–Crippen LogP) is 3.95. The normalized spacial score (nSPS) is 13.4. The summed E-state index contributed by atoms with van der Waals surface area (Å²) in [5.74, 6) is 1.46. The van der Waals surface area contributed by atoms with Crippen LogP contribution >= 0.6 is 31.9 Å². The highest BCUT2D eigenvalue weighted by Gasteiger charge is 2.25. The molecule has 1 aromatic carbocycles. The lowest BCUT2D eigenvalue weighted by atomic mass is 10.1. The molecule has 3 rings (SSSR count). The molecule has 1 aliphatic rings. The van der Waals surface area contributed by atoms with Crippen LogP contribution in [0.15, 0.2) is 27.3 Å². The standard InChI is InChI=1S/C18H20Br2N2O3/c1-24-14-5-3-11(9-15(14)25-2)4-6-16(23)22-13-7-8-21-10-12(13)17(19)18(22)20/h3,5,9,21H,4,6-8,10H2,1-2H3. The maximum absolute atomic E-state index is 12.8. The zero-order valence-corrected chi connectivity index (χ0v) is 17.4. The van der Waals surface area contributed by atoms with E-state index in [2.05, 4.69) is 37.2 Å². The van der Waals surface area contributed by atoms with Crippen LogP contribution in [0.2, 0.25) is 0 Å². The lowest BCUT2D eigenvalue weighted by Crippen LogP contribution is -2.26. The van der Waals surface area contributed by atoms with Gasteiger partial charge in [0.05, 0.1) is 18.7 Å². The maximum Gasteiger partial charge on any atom is 0.232 e. The first kappa shape index (κ1) is 18.5. The van der Waals surface area contributed by atoms with Crippen molar-refractivity contribution in [3.8, 4) is 11.5 Å². The van der Waals surface area contributed by atoms with Gasteiger partial charge in [0, 0.05) is 37.2 Å². The Morgan fingerprint density at radius 2 is 2.00 bits per heavy atom. The Balaban J connectivity index is 1.78. The van der Waals surface area contributed by atoms with Gasteiger partial charge in [-0.05, 0) is 56.0 Å². The summed E-state index contributed by atoms with van der Waals surface area (Å²) in [6.07, 6.45) is 1.92. The molecule has 0 radical (unpaired) electrons. The molecular formula is C18H20Br2N2O3. The molecule has 1 aliphatic heterocycles. The summed E-state index contributed by atoms with van der Waals surface area (Å²) in [6, 6.07) is 5.76. The molecule has 0 aliphatic carbocycles. The summed E-state index contributed by atoms with van der Waals surface area (Å²) < 4.78 is 14.2. The van der Waals surface area contributed by atoms with Gasteiger partial charge in [-0.15, -0.1) is 0 Å². The first-order valence-corrected chi connectivity index (χ1v) is 9.67. The van der Waals surface area contributed by atoms with Gasteiger partial charge in [-0.2, -0.15) is 0 Å². The summed E-state index contributed by atoms with van der Waals surface area (Å²) in [5.41, 5.74) is 3.30. The molecule has 0 fully saturated rings. The van der Waals surface area contributed by atoms with E-state index in [4.69, 9.17) is 9.47 Å². The molecule has 25 heavy (non-hydrogen) atoms. The minimum Gasteiger partial charge on any atom is -0.493 e. The highest BCUT2D eigenvalue weighted by atomic mass is 79.9. The Hall–Kier alpha value is -1.31. The number of aromatic nitrogens is 1. The summed E-state index contributed by atoms with van der Waals surface area (Å²) in [7, 11) is 3.22. The lowest BCUT2D eigenvalue weighted by Gasteiger charge is -2.16. The van der Waals surface area contributed by atoms with Gasteiger partial charge in [-0.1, -0.05) is 6.07 Å². The van der Waals surface area contributed by atoms with E-state index in [9.17, 15) is 4.79 Å². The van der Waals surface area contributed by atoms with Gasteiger partial charge in [0.25, 0.3) is 0 Å². The van der Waals surface area contributed by atoms with E-state index in [0.717, 1.165) is 45.4 Å². The van der Waals surface area contributed by atoms with Crippen LogP contribution in [0.1, 0.15) is 28.0 Å². The number of nitrogens with one attached hydrogen (secondary N) is 1. The number of nitrogens with zero attached hydrogens (tertiary/aromatic N) is 1. The fourth-order valence-corrected chi connectivity index (χ4v) is 4.32. The van der Waals surface area contributed by atoms with Crippen molar-refractivity contribution in [3.05, 3.63) is 44.1 Å². The number of ether oxygens (including phenoxy) is 2. The number of carbonyl (C=O) groups is 1. The number of carbonyl (C=O) groups excluding carboxylic acids is 1. The van der Waals surface area contributed by atoms with Crippen LogP contribution in [-0.2, 0) is 19.4 Å². The van der Waals surface area contributed by atoms with E-state index in [-0.39, 0.29) is 5.91 Å². The molecule has 1 aromatic heterocycles. The first-order chi connectivity index (χ1) is 12.1. The van der Waals surface area contributed by atoms with E-state index < -0.39 is 0 Å². The molecule has 134 valence electrons. The van der Waals surface area contributed by atoms with E-state index in [1.165, 1.54) is 0 Å². The van der Waals surface area contributed by atoms with Gasteiger partial charge >= 0.3 is 0 Å². The van der Waals surface area contributed by atoms with Crippen LogP contribution in [0.3, 0.4) is 0 Å². The molecule has 5 nitrogen and oxygen atoms in total. The fourth-order valence-electron chi connectivity index (χ4n) is 3.12. The molecule has 7 heteroatoms. The first-order valence-electron chi connectivity index (χ1n) is 8.09. The van der Waals surface area contributed by atoms with Crippen LogP contribution in [0, 0.1) is 0 Å². The Kier molecular flexibility index (Phi) is 5.86. The third kappa shape index (κ3) is 3.64. The minimum atomic E-state index is 0.0884. The van der Waals surface area contributed by atoms with Gasteiger partial charge in [0.2, 0.25) is 5.91 Å². The van der Waals surface area contributed by atoms with Gasteiger partial charge in [-0.25, -0.2) is 0 Å². The van der Waals surface area contributed by atoms with Crippen LogP contribution in [0.4, 0.5) is 0 Å². The predicted molar refractivity (Wildman–Crippen MR) is 104 cm³/mol. The van der Waals surface area contributed by atoms with Crippen molar-refractivity contribution in [3.63, 3.8) is 0 Å². The third-order valence-electron chi connectivity index (χ3n) is 4.43. The third-order valence-corrected chi connectivity index (χ3v) is 6.56. The highest BCUT2D eigenvalue weighted by Crippen LogP contribution is 2.35. The van der Waals surface area contributed by atoms with Crippen molar-refractivity contribution < 1.29 is 14.3 Å². The summed E-state index contributed by atoms with van der Waals surface area (Å²) in [4.78, 5) is 12.8. The Morgan fingerprint density at radius 3 is 2.72 bits per heavy atom. The number of rotatable bonds is 5. The van der Waals surface area contributed by atoms with E-state index in [0.29, 0.717) is 24.3 Å². The van der Waals surface area contributed by atoms with E-state index in [1.54, 1.807) is 18.8 Å². The van der Waals surface area contributed by atoms with Crippen LogP contribution in [0.5, 0.6) is 11.5 Å². The lowest BCUT2D eigenvalue weighted by molar-refractivity contribution is 0.0897. The molecule has 0 spiro atoms. The number of halogens is 2. The molecule has 0 bridgehead atoms. The molecule has 1 N–H and O–H groups in total. The molecule has 0 unspecified atom stereocenters. The molecular weight excluding hydrogens is 452 g/mol. The molecule has 0 saturated heterocycles. The summed E-state index contributed by atoms with van der Waals surface area (Å²) in [6.45, 7) is 1.67. The number of fused-ring (bicyclic) bond motifs is 1. The SMILES string of the molecule is COc1ccc(CCC(=O)n2c(Br)c(Br)c3c2CCNC3)cc1OC. The quantitative estimate of drug-likeness (QED) is 0.717. The fraction of sp³-hybridized carbons (Fsp3) is 0.389. The van der Waals surface area contributed by atoms with Crippen molar-refractivity contribution >= 4 is 37.8 Å².